The monoisotopic (exact) mass is 260 g/mol. The lowest BCUT2D eigenvalue weighted by Gasteiger charge is -2.17. The van der Waals surface area contributed by atoms with E-state index in [9.17, 15) is 10.1 Å². The number of hydrogen-bond acceptors (Lipinski definition) is 4. The fourth-order valence-corrected chi connectivity index (χ4v) is 1.68. The van der Waals surface area contributed by atoms with Crippen molar-refractivity contribution in [2.24, 2.45) is 10.4 Å². The van der Waals surface area contributed by atoms with Crippen LogP contribution in [0.3, 0.4) is 0 Å². The van der Waals surface area contributed by atoms with Gasteiger partial charge in [0.25, 0.3) is 5.69 Å². The van der Waals surface area contributed by atoms with Crippen molar-refractivity contribution >= 4 is 17.7 Å². The van der Waals surface area contributed by atoms with Crippen molar-refractivity contribution in [3.05, 3.63) is 45.7 Å². The Morgan fingerprint density at radius 1 is 1.32 bits per heavy atom. The van der Waals surface area contributed by atoms with Gasteiger partial charge in [-0.25, -0.2) is 4.99 Å². The summed E-state index contributed by atoms with van der Waals surface area (Å²) in [5.41, 5.74) is 0.845. The number of aliphatic imine (C=N–C) groups is 1. The maximum atomic E-state index is 10.6. The van der Waals surface area contributed by atoms with Gasteiger partial charge in [0.1, 0.15) is 12.3 Å². The molecule has 0 aromatic heterocycles. The average molecular weight is 260 g/mol. The molecule has 0 unspecified atom stereocenters. The number of ether oxygens (including phenoxy) is 1. The van der Waals surface area contributed by atoms with E-state index in [1.54, 1.807) is 12.1 Å². The van der Waals surface area contributed by atoms with Crippen LogP contribution in [-0.2, 0) is 4.74 Å². The molecule has 0 N–H and O–H groups in total. The molecule has 1 aromatic rings. The quantitative estimate of drug-likeness (QED) is 0.604. The third kappa shape index (κ3) is 3.19. The van der Waals surface area contributed by atoms with Crippen LogP contribution in [0.2, 0.25) is 0 Å². The number of hydrogen-bond donors (Lipinski definition) is 0. The van der Waals surface area contributed by atoms with Gasteiger partial charge in [0.2, 0.25) is 0 Å². The van der Waals surface area contributed by atoms with Gasteiger partial charge in [-0.05, 0) is 23.8 Å². The van der Waals surface area contributed by atoms with Gasteiger partial charge in [0, 0.05) is 17.5 Å². The van der Waals surface area contributed by atoms with Gasteiger partial charge in [-0.2, -0.15) is 0 Å². The number of benzene rings is 1. The molecule has 0 fully saturated rings. The summed E-state index contributed by atoms with van der Waals surface area (Å²) in [6.07, 6.45) is 1.85. The SMILES string of the molecule is CC(C)(C)C1=NC/C(=C/c2ccc([N+](=O)[O-])cc2)O1. The van der Waals surface area contributed by atoms with Crippen LogP contribution < -0.4 is 0 Å². The van der Waals surface area contributed by atoms with Crippen LogP contribution in [0.1, 0.15) is 26.3 Å². The van der Waals surface area contributed by atoms with E-state index in [2.05, 4.69) is 4.99 Å². The fourth-order valence-electron chi connectivity index (χ4n) is 1.68. The lowest BCUT2D eigenvalue weighted by atomic mass is 9.97. The molecule has 5 nitrogen and oxygen atoms in total. The molecule has 0 aliphatic carbocycles. The van der Waals surface area contributed by atoms with Gasteiger partial charge in [-0.15, -0.1) is 0 Å². The molecular weight excluding hydrogens is 244 g/mol. The minimum Gasteiger partial charge on any atom is -0.445 e. The molecule has 0 spiro atoms. The standard InChI is InChI=1S/C14H16N2O3/c1-14(2,3)13-15-9-12(19-13)8-10-4-6-11(7-5-10)16(17)18/h4-8H,9H2,1-3H3/b12-8-. The fraction of sp³-hybridized carbons (Fsp3) is 0.357. The summed E-state index contributed by atoms with van der Waals surface area (Å²) in [5, 5.41) is 10.6. The van der Waals surface area contributed by atoms with E-state index in [1.165, 1.54) is 12.1 Å². The highest BCUT2D eigenvalue weighted by Crippen LogP contribution is 2.25. The van der Waals surface area contributed by atoms with Crippen LogP contribution in [0.25, 0.3) is 6.08 Å². The van der Waals surface area contributed by atoms with Crippen LogP contribution in [0.5, 0.6) is 0 Å². The van der Waals surface area contributed by atoms with E-state index >= 15 is 0 Å². The van der Waals surface area contributed by atoms with Crippen molar-refractivity contribution in [2.75, 3.05) is 6.54 Å². The molecule has 0 radical (unpaired) electrons. The van der Waals surface area contributed by atoms with Crippen LogP contribution in [-0.4, -0.2) is 17.4 Å². The zero-order valence-electron chi connectivity index (χ0n) is 11.2. The molecular formula is C14H16N2O3. The topological polar surface area (TPSA) is 64.7 Å². The largest absolute Gasteiger partial charge is 0.445 e. The molecule has 2 rings (SSSR count). The highest BCUT2D eigenvalue weighted by atomic mass is 16.6. The van der Waals surface area contributed by atoms with Gasteiger partial charge in [0.05, 0.1) is 4.92 Å². The Morgan fingerprint density at radius 2 is 1.95 bits per heavy atom. The summed E-state index contributed by atoms with van der Waals surface area (Å²) in [6.45, 7) is 6.64. The first kappa shape index (κ1) is 13.3. The third-order valence-electron chi connectivity index (χ3n) is 2.68. The van der Waals surface area contributed by atoms with Crippen molar-refractivity contribution in [3.63, 3.8) is 0 Å². The molecule has 0 saturated carbocycles. The first-order valence-electron chi connectivity index (χ1n) is 6.04. The van der Waals surface area contributed by atoms with Gasteiger partial charge in [0.15, 0.2) is 5.90 Å². The van der Waals surface area contributed by atoms with E-state index < -0.39 is 4.92 Å². The van der Waals surface area contributed by atoms with E-state index in [0.717, 1.165) is 17.2 Å². The smallest absolute Gasteiger partial charge is 0.269 e. The van der Waals surface area contributed by atoms with E-state index in [0.29, 0.717) is 6.54 Å². The van der Waals surface area contributed by atoms with Crippen molar-refractivity contribution in [1.29, 1.82) is 0 Å². The Morgan fingerprint density at radius 3 is 2.42 bits per heavy atom. The lowest BCUT2D eigenvalue weighted by Crippen LogP contribution is -2.19. The predicted octanol–water partition coefficient (Wildman–Crippen LogP) is 3.41. The Bertz CT molecular complexity index is 551. The van der Waals surface area contributed by atoms with Crippen molar-refractivity contribution in [3.8, 4) is 0 Å². The van der Waals surface area contributed by atoms with Crippen molar-refractivity contribution in [2.45, 2.75) is 20.8 Å². The third-order valence-corrected chi connectivity index (χ3v) is 2.68. The molecule has 0 bridgehead atoms. The second-order valence-corrected chi connectivity index (χ2v) is 5.43. The highest BCUT2D eigenvalue weighted by molar-refractivity contribution is 5.85. The van der Waals surface area contributed by atoms with Gasteiger partial charge < -0.3 is 4.74 Å². The van der Waals surface area contributed by atoms with E-state index in [4.69, 9.17) is 4.74 Å². The Labute approximate surface area is 111 Å². The summed E-state index contributed by atoms with van der Waals surface area (Å²) in [6, 6.07) is 6.35. The summed E-state index contributed by atoms with van der Waals surface area (Å²) in [4.78, 5) is 14.5. The first-order valence-corrected chi connectivity index (χ1v) is 6.04. The first-order chi connectivity index (χ1) is 8.86. The molecule has 19 heavy (non-hydrogen) atoms. The zero-order valence-corrected chi connectivity index (χ0v) is 11.2. The number of non-ortho nitro benzene ring substituents is 1. The Balaban J connectivity index is 2.10. The van der Waals surface area contributed by atoms with Crippen LogP contribution >= 0.6 is 0 Å². The average Bonchev–Trinajstić information content (AvgIpc) is 2.78. The number of nitro groups is 1. The molecule has 5 heteroatoms. The Hall–Kier alpha value is -2.17. The van der Waals surface area contributed by atoms with Crippen LogP contribution in [0.15, 0.2) is 35.0 Å². The highest BCUT2D eigenvalue weighted by Gasteiger charge is 2.26. The van der Waals surface area contributed by atoms with Crippen molar-refractivity contribution in [1.82, 2.24) is 0 Å². The predicted molar refractivity (Wildman–Crippen MR) is 73.9 cm³/mol. The molecule has 0 saturated heterocycles. The normalized spacial score (nSPS) is 17.2. The van der Waals surface area contributed by atoms with Crippen LogP contribution in [0, 0.1) is 15.5 Å². The second kappa shape index (κ2) is 4.84. The minimum atomic E-state index is -0.413. The molecule has 0 amide bonds. The lowest BCUT2D eigenvalue weighted by molar-refractivity contribution is -0.384. The summed E-state index contributed by atoms with van der Waals surface area (Å²) >= 11 is 0. The molecule has 1 aromatic carbocycles. The van der Waals surface area contributed by atoms with E-state index in [-0.39, 0.29) is 11.1 Å². The maximum absolute atomic E-state index is 10.6. The maximum Gasteiger partial charge on any atom is 0.269 e. The minimum absolute atomic E-state index is 0.0844. The molecule has 0 atom stereocenters. The summed E-state index contributed by atoms with van der Waals surface area (Å²) in [5.74, 6) is 1.49. The van der Waals surface area contributed by atoms with Crippen molar-refractivity contribution < 1.29 is 9.66 Å². The summed E-state index contributed by atoms with van der Waals surface area (Å²) in [7, 11) is 0. The second-order valence-electron chi connectivity index (χ2n) is 5.43. The molecule has 1 aliphatic rings. The summed E-state index contributed by atoms with van der Waals surface area (Å²) < 4.78 is 5.68. The van der Waals surface area contributed by atoms with Gasteiger partial charge >= 0.3 is 0 Å². The molecule has 1 heterocycles. The Kier molecular flexibility index (Phi) is 3.38. The number of nitrogens with zero attached hydrogens (tertiary/aromatic N) is 2. The van der Waals surface area contributed by atoms with Gasteiger partial charge in [-0.3, -0.25) is 10.1 Å². The number of nitro benzene ring substituents is 1. The molecule has 100 valence electrons. The molecule has 1 aliphatic heterocycles. The number of rotatable bonds is 2. The van der Waals surface area contributed by atoms with E-state index in [1.807, 2.05) is 26.8 Å². The zero-order chi connectivity index (χ0) is 14.0. The van der Waals surface area contributed by atoms with Crippen LogP contribution in [0.4, 0.5) is 5.69 Å². The van der Waals surface area contributed by atoms with Gasteiger partial charge in [-0.1, -0.05) is 20.8 Å².